The first-order valence-electron chi connectivity index (χ1n) is 9.51. The number of hydrogen-bond acceptors (Lipinski definition) is 4. The van der Waals surface area contributed by atoms with Gasteiger partial charge in [0, 0.05) is 10.7 Å². The fourth-order valence-electron chi connectivity index (χ4n) is 2.93. The molecule has 4 rings (SSSR count). The molecule has 30 heavy (non-hydrogen) atoms. The zero-order chi connectivity index (χ0) is 21.3. The van der Waals surface area contributed by atoms with Gasteiger partial charge in [0.25, 0.3) is 5.91 Å². The highest BCUT2D eigenvalue weighted by Crippen LogP contribution is 2.23. The lowest BCUT2D eigenvalue weighted by Gasteiger charge is -2.25. The molecular formula is C23H21ClN4O2. The first-order valence-corrected chi connectivity index (χ1v) is 9.89. The Kier molecular flexibility index (Phi) is 5.18. The van der Waals surface area contributed by atoms with E-state index in [1.54, 1.807) is 26.0 Å². The van der Waals surface area contributed by atoms with E-state index in [2.05, 4.69) is 15.5 Å². The number of aromatic nitrogens is 3. The maximum atomic E-state index is 12.8. The number of anilines is 1. The molecule has 0 saturated heterocycles. The van der Waals surface area contributed by atoms with Crippen molar-refractivity contribution in [3.63, 3.8) is 0 Å². The molecule has 1 amide bonds. The van der Waals surface area contributed by atoms with Crippen LogP contribution in [0.2, 0.25) is 5.02 Å². The molecule has 0 fully saturated rings. The van der Waals surface area contributed by atoms with Crippen LogP contribution in [0.25, 0.3) is 16.7 Å². The lowest BCUT2D eigenvalue weighted by molar-refractivity contribution is -0.128. The summed E-state index contributed by atoms with van der Waals surface area (Å²) in [6, 6.07) is 20.3. The number of amides is 1. The number of ether oxygens (including phenoxy) is 1. The van der Waals surface area contributed by atoms with Crippen LogP contribution in [0.15, 0.2) is 66.7 Å². The number of fused-ring (bicyclic) bond motifs is 1. The van der Waals surface area contributed by atoms with E-state index in [1.165, 1.54) is 4.80 Å². The highest BCUT2D eigenvalue weighted by atomic mass is 35.5. The minimum atomic E-state index is -1.05. The zero-order valence-corrected chi connectivity index (χ0v) is 17.6. The van der Waals surface area contributed by atoms with Crippen LogP contribution in [0.5, 0.6) is 5.75 Å². The van der Waals surface area contributed by atoms with Gasteiger partial charge in [-0.05, 0) is 68.8 Å². The topological polar surface area (TPSA) is 69.0 Å². The molecule has 3 aromatic carbocycles. The Balaban J connectivity index is 1.54. The van der Waals surface area contributed by atoms with Gasteiger partial charge < -0.3 is 10.1 Å². The monoisotopic (exact) mass is 420 g/mol. The van der Waals surface area contributed by atoms with Crippen molar-refractivity contribution in [1.29, 1.82) is 0 Å². The minimum Gasteiger partial charge on any atom is -0.478 e. The van der Waals surface area contributed by atoms with E-state index in [0.717, 1.165) is 11.3 Å². The number of hydrogen-bond donors (Lipinski definition) is 1. The summed E-state index contributed by atoms with van der Waals surface area (Å²) in [5, 5.41) is 12.6. The van der Waals surface area contributed by atoms with Gasteiger partial charge in [-0.1, -0.05) is 35.9 Å². The molecule has 0 spiro atoms. The van der Waals surface area contributed by atoms with Crippen molar-refractivity contribution < 1.29 is 9.53 Å². The number of carbonyl (C=O) groups is 1. The van der Waals surface area contributed by atoms with E-state index in [9.17, 15) is 4.79 Å². The van der Waals surface area contributed by atoms with Crippen LogP contribution in [0, 0.1) is 6.92 Å². The van der Waals surface area contributed by atoms with Crippen molar-refractivity contribution in [3.8, 4) is 11.4 Å². The molecule has 1 N–H and O–H groups in total. The largest absolute Gasteiger partial charge is 0.478 e. The highest BCUT2D eigenvalue weighted by molar-refractivity contribution is 6.31. The molecule has 0 aliphatic carbocycles. The highest BCUT2D eigenvalue weighted by Gasteiger charge is 2.30. The smallest absolute Gasteiger partial charge is 0.267 e. The Morgan fingerprint density at radius 3 is 2.47 bits per heavy atom. The van der Waals surface area contributed by atoms with Gasteiger partial charge in [0.2, 0.25) is 0 Å². The Morgan fingerprint density at radius 2 is 1.73 bits per heavy atom. The maximum Gasteiger partial charge on any atom is 0.267 e. The molecular weight excluding hydrogens is 400 g/mol. The van der Waals surface area contributed by atoms with Crippen LogP contribution >= 0.6 is 11.6 Å². The third-order valence-electron chi connectivity index (χ3n) is 4.69. The Morgan fingerprint density at radius 1 is 1.00 bits per heavy atom. The summed E-state index contributed by atoms with van der Waals surface area (Å²) in [7, 11) is 0. The molecule has 0 aliphatic heterocycles. The van der Waals surface area contributed by atoms with Gasteiger partial charge in [0.15, 0.2) is 5.60 Å². The van der Waals surface area contributed by atoms with Crippen molar-refractivity contribution in [2.75, 3.05) is 5.32 Å². The molecule has 0 bridgehead atoms. The number of halogens is 1. The first-order chi connectivity index (χ1) is 14.3. The van der Waals surface area contributed by atoms with Gasteiger partial charge in [-0.25, -0.2) is 0 Å². The average Bonchev–Trinajstić information content (AvgIpc) is 3.14. The summed E-state index contributed by atoms with van der Waals surface area (Å²) in [5.41, 5.74) is 2.70. The quantitative estimate of drug-likeness (QED) is 0.483. The van der Waals surface area contributed by atoms with E-state index < -0.39 is 5.60 Å². The third kappa shape index (κ3) is 4.14. The SMILES string of the molecule is Cc1ccc(-n2nc3ccc(NC(=O)C(C)(C)Oc4ccccc4)cc3n2)cc1Cl. The number of carbonyl (C=O) groups excluding carboxylic acids is 1. The van der Waals surface area contributed by atoms with Crippen LogP contribution in [0.3, 0.4) is 0 Å². The molecule has 0 atom stereocenters. The van der Waals surface area contributed by atoms with Gasteiger partial charge in [-0.15, -0.1) is 10.2 Å². The second kappa shape index (κ2) is 7.80. The van der Waals surface area contributed by atoms with Gasteiger partial charge in [0.1, 0.15) is 16.8 Å². The molecule has 7 heteroatoms. The Labute approximate surface area is 179 Å². The van der Waals surface area contributed by atoms with Gasteiger partial charge in [-0.3, -0.25) is 4.79 Å². The minimum absolute atomic E-state index is 0.261. The normalized spacial score (nSPS) is 11.5. The van der Waals surface area contributed by atoms with Gasteiger partial charge in [0.05, 0.1) is 5.69 Å². The lowest BCUT2D eigenvalue weighted by Crippen LogP contribution is -2.42. The fourth-order valence-corrected chi connectivity index (χ4v) is 3.10. The molecule has 6 nitrogen and oxygen atoms in total. The first kappa shape index (κ1) is 19.9. The summed E-state index contributed by atoms with van der Waals surface area (Å²) in [6.45, 7) is 5.40. The molecule has 0 unspecified atom stereocenters. The summed E-state index contributed by atoms with van der Waals surface area (Å²) < 4.78 is 5.85. The average molecular weight is 421 g/mol. The lowest BCUT2D eigenvalue weighted by atomic mass is 10.1. The third-order valence-corrected chi connectivity index (χ3v) is 5.09. The van der Waals surface area contributed by atoms with Crippen molar-refractivity contribution in [1.82, 2.24) is 15.0 Å². The number of para-hydroxylation sites is 1. The number of benzene rings is 3. The van der Waals surface area contributed by atoms with Gasteiger partial charge in [-0.2, -0.15) is 4.80 Å². The molecule has 1 aromatic heterocycles. The standard InChI is InChI=1S/C23H21ClN4O2/c1-15-9-11-17(14-19(15)24)28-26-20-12-10-16(13-21(20)27-28)25-22(29)23(2,3)30-18-7-5-4-6-8-18/h4-14H,1-3H3,(H,25,29). The van der Waals surface area contributed by atoms with Crippen molar-refractivity contribution in [2.24, 2.45) is 0 Å². The molecule has 0 aliphatic rings. The van der Waals surface area contributed by atoms with Crippen molar-refractivity contribution in [3.05, 3.63) is 77.3 Å². The summed E-state index contributed by atoms with van der Waals surface area (Å²) >= 11 is 6.22. The second-order valence-corrected chi connectivity index (χ2v) is 7.91. The van der Waals surface area contributed by atoms with Crippen molar-refractivity contribution in [2.45, 2.75) is 26.4 Å². The van der Waals surface area contributed by atoms with Crippen LogP contribution in [0.4, 0.5) is 5.69 Å². The van der Waals surface area contributed by atoms with Crippen LogP contribution in [-0.2, 0) is 4.79 Å². The molecule has 152 valence electrons. The van der Waals surface area contributed by atoms with Crippen LogP contribution in [0.1, 0.15) is 19.4 Å². The number of rotatable bonds is 5. The molecule has 1 heterocycles. The predicted octanol–water partition coefficient (Wildman–Crippen LogP) is 5.18. The van der Waals surface area contributed by atoms with E-state index in [0.29, 0.717) is 27.5 Å². The maximum absolute atomic E-state index is 12.8. The summed E-state index contributed by atoms with van der Waals surface area (Å²) in [6.07, 6.45) is 0. The fraction of sp³-hybridized carbons (Fsp3) is 0.174. The molecule has 4 aromatic rings. The predicted molar refractivity (Wildman–Crippen MR) is 118 cm³/mol. The van der Waals surface area contributed by atoms with Crippen LogP contribution in [-0.4, -0.2) is 26.5 Å². The van der Waals surface area contributed by atoms with E-state index in [4.69, 9.17) is 16.3 Å². The summed E-state index contributed by atoms with van der Waals surface area (Å²) in [4.78, 5) is 14.3. The summed E-state index contributed by atoms with van der Waals surface area (Å²) in [5.74, 6) is 0.371. The zero-order valence-electron chi connectivity index (χ0n) is 16.9. The van der Waals surface area contributed by atoms with Crippen LogP contribution < -0.4 is 10.1 Å². The molecule has 0 radical (unpaired) electrons. The Hall–Kier alpha value is -3.38. The second-order valence-electron chi connectivity index (χ2n) is 7.51. The van der Waals surface area contributed by atoms with Crippen molar-refractivity contribution >= 4 is 34.2 Å². The van der Waals surface area contributed by atoms with Gasteiger partial charge >= 0.3 is 0 Å². The van der Waals surface area contributed by atoms with E-state index in [1.807, 2.05) is 61.5 Å². The molecule has 0 saturated carbocycles. The Bertz CT molecular complexity index is 1220. The number of nitrogens with one attached hydrogen (secondary N) is 1. The number of aryl methyl sites for hydroxylation is 1. The number of nitrogens with zero attached hydrogens (tertiary/aromatic N) is 3. The van der Waals surface area contributed by atoms with E-state index >= 15 is 0 Å². The van der Waals surface area contributed by atoms with E-state index in [-0.39, 0.29) is 5.91 Å².